The molecule has 0 saturated carbocycles. The molecule has 0 fully saturated rings. The molecule has 1 aliphatic heterocycles. The van der Waals surface area contributed by atoms with Crippen molar-refractivity contribution in [3.05, 3.63) is 47.2 Å². The number of hydrogen-bond acceptors (Lipinski definition) is 7. The van der Waals surface area contributed by atoms with Crippen molar-refractivity contribution < 1.29 is 29.0 Å². The van der Waals surface area contributed by atoms with Gasteiger partial charge >= 0.3 is 5.97 Å². The van der Waals surface area contributed by atoms with E-state index in [1.807, 2.05) is 39.0 Å². The van der Waals surface area contributed by atoms with Gasteiger partial charge in [-0.1, -0.05) is 51.5 Å². The summed E-state index contributed by atoms with van der Waals surface area (Å²) in [5.74, 6) is -1.17. The third-order valence-electron chi connectivity index (χ3n) is 6.67. The van der Waals surface area contributed by atoms with Gasteiger partial charge in [-0.2, -0.15) is 0 Å². The van der Waals surface area contributed by atoms with E-state index in [4.69, 9.17) is 9.15 Å². The summed E-state index contributed by atoms with van der Waals surface area (Å²) in [4.78, 5) is 30.2. The molecule has 0 radical (unpaired) electrons. The number of aryl methyl sites for hydroxylation is 1. The zero-order valence-corrected chi connectivity index (χ0v) is 21.4. The monoisotopic (exact) mass is 473 g/mol. The van der Waals surface area contributed by atoms with Crippen LogP contribution in [0.3, 0.4) is 0 Å². The predicted molar refractivity (Wildman–Crippen MR) is 131 cm³/mol. The molecule has 7 heteroatoms. The maximum Gasteiger partial charge on any atom is 0.309 e. The van der Waals surface area contributed by atoms with E-state index in [1.165, 1.54) is 6.26 Å². The Labute approximate surface area is 202 Å². The first-order chi connectivity index (χ1) is 15.8. The van der Waals surface area contributed by atoms with Crippen molar-refractivity contribution in [2.45, 2.75) is 86.0 Å². The number of ether oxygens (including phenoxy) is 1. The fraction of sp³-hybridized carbons (Fsp3) is 0.593. The molecule has 0 aromatic carbocycles. The van der Waals surface area contributed by atoms with Gasteiger partial charge in [0.25, 0.3) is 0 Å². The maximum absolute atomic E-state index is 13.1. The molecule has 1 unspecified atom stereocenters. The molecule has 0 aliphatic carbocycles. The Morgan fingerprint density at radius 2 is 1.85 bits per heavy atom. The lowest BCUT2D eigenvalue weighted by atomic mass is 9.73. The third kappa shape index (κ3) is 7.24. The van der Waals surface area contributed by atoms with Gasteiger partial charge in [-0.3, -0.25) is 9.59 Å². The van der Waals surface area contributed by atoms with E-state index in [0.717, 1.165) is 11.1 Å². The van der Waals surface area contributed by atoms with Gasteiger partial charge in [-0.05, 0) is 37.8 Å². The molecule has 34 heavy (non-hydrogen) atoms. The fourth-order valence-electron chi connectivity index (χ4n) is 4.09. The summed E-state index contributed by atoms with van der Waals surface area (Å²) in [5.41, 5.74) is 1.18. The highest BCUT2D eigenvalue weighted by Gasteiger charge is 2.42. The second-order valence-corrected chi connectivity index (χ2v) is 10.0. The summed E-state index contributed by atoms with van der Waals surface area (Å²) in [6.07, 6.45) is 7.33. The Hall–Kier alpha value is -2.51. The topological polar surface area (TPSA) is 110 Å². The highest BCUT2D eigenvalue weighted by molar-refractivity contribution is 5.88. The Bertz CT molecular complexity index is 954. The second kappa shape index (κ2) is 11.8. The van der Waals surface area contributed by atoms with Gasteiger partial charge in [0, 0.05) is 19.3 Å². The first kappa shape index (κ1) is 27.7. The SMILES string of the molecule is CC1=C\CC(/C(C)=C/c2coc(C)n2)OC(=O)C[C@H](O)C(C)(C)C(=O)[C@H](C)[C@@H](O)[C@@H](C)C\C=C\1. The van der Waals surface area contributed by atoms with Crippen molar-refractivity contribution in [2.24, 2.45) is 17.3 Å². The largest absolute Gasteiger partial charge is 0.457 e. The standard InChI is InChI=1S/C27H39NO6/c1-16-9-8-10-17(2)25(31)19(4)26(32)27(6,7)23(29)14-24(30)34-22(12-11-16)18(3)13-21-15-33-20(5)28-21/h8-9,11,13,15,17,19,22-23,25,29,31H,10,12,14H2,1-7H3/b9-8+,16-11+,18-13+/t17-,19+,22?,23-,25-/m0/s1. The number of oxazole rings is 1. The highest BCUT2D eigenvalue weighted by atomic mass is 16.5. The first-order valence-corrected chi connectivity index (χ1v) is 11.9. The smallest absolute Gasteiger partial charge is 0.309 e. The van der Waals surface area contributed by atoms with Crippen molar-refractivity contribution in [1.29, 1.82) is 0 Å². The average molecular weight is 474 g/mol. The molecule has 1 aromatic rings. The van der Waals surface area contributed by atoms with Crippen LogP contribution in [0.5, 0.6) is 0 Å². The van der Waals surface area contributed by atoms with Gasteiger partial charge in [0.15, 0.2) is 5.89 Å². The summed E-state index contributed by atoms with van der Waals surface area (Å²) in [6.45, 7) is 12.3. The van der Waals surface area contributed by atoms with Crippen LogP contribution in [0.4, 0.5) is 0 Å². The number of carbonyl (C=O) groups is 2. The van der Waals surface area contributed by atoms with Crippen LogP contribution >= 0.6 is 0 Å². The molecule has 2 rings (SSSR count). The van der Waals surface area contributed by atoms with Gasteiger partial charge < -0.3 is 19.4 Å². The number of rotatable bonds is 2. The van der Waals surface area contributed by atoms with Crippen LogP contribution in [0, 0.1) is 24.2 Å². The highest BCUT2D eigenvalue weighted by Crippen LogP contribution is 2.32. The molecule has 188 valence electrons. The number of esters is 1. The predicted octanol–water partition coefficient (Wildman–Crippen LogP) is 4.57. The van der Waals surface area contributed by atoms with E-state index in [-0.39, 0.29) is 18.1 Å². The van der Waals surface area contributed by atoms with Crippen molar-refractivity contribution >= 4 is 17.8 Å². The summed E-state index contributed by atoms with van der Waals surface area (Å²) >= 11 is 0. The van der Waals surface area contributed by atoms with Gasteiger partial charge in [0.1, 0.15) is 23.8 Å². The van der Waals surface area contributed by atoms with E-state index >= 15 is 0 Å². The summed E-state index contributed by atoms with van der Waals surface area (Å²) in [7, 11) is 0. The van der Waals surface area contributed by atoms with Gasteiger partial charge in [-0.25, -0.2) is 4.98 Å². The van der Waals surface area contributed by atoms with E-state index in [2.05, 4.69) is 4.98 Å². The minimum absolute atomic E-state index is 0.141. The molecule has 0 amide bonds. The van der Waals surface area contributed by atoms with Crippen LogP contribution in [0.1, 0.15) is 72.4 Å². The van der Waals surface area contributed by atoms with Crippen molar-refractivity contribution in [3.8, 4) is 0 Å². The molecule has 5 atom stereocenters. The Kier molecular flexibility index (Phi) is 9.59. The maximum atomic E-state index is 13.1. The molecule has 0 spiro atoms. The number of hydrogen-bond donors (Lipinski definition) is 2. The molecule has 0 bridgehead atoms. The molecule has 0 saturated heterocycles. The molecular formula is C27H39NO6. The number of aromatic nitrogens is 1. The van der Waals surface area contributed by atoms with E-state index in [1.54, 1.807) is 33.8 Å². The molecule has 2 N–H and O–H groups in total. The summed E-state index contributed by atoms with van der Waals surface area (Å²) in [6, 6.07) is 0. The van der Waals surface area contributed by atoms with Crippen LogP contribution in [0.15, 0.2) is 40.1 Å². The number of aliphatic hydroxyl groups is 2. The first-order valence-electron chi connectivity index (χ1n) is 11.9. The van der Waals surface area contributed by atoms with Crippen LogP contribution in [0.25, 0.3) is 6.08 Å². The van der Waals surface area contributed by atoms with Crippen LogP contribution in [0.2, 0.25) is 0 Å². The number of carbonyl (C=O) groups excluding carboxylic acids is 2. The van der Waals surface area contributed by atoms with Gasteiger partial charge in [-0.15, -0.1) is 0 Å². The molecule has 1 aromatic heterocycles. The number of nitrogens with zero attached hydrogens (tertiary/aromatic N) is 1. The molecule has 7 nitrogen and oxygen atoms in total. The Balaban J connectivity index is 2.38. The molecule has 2 heterocycles. The quantitative estimate of drug-likeness (QED) is 0.605. The number of Topliss-reactive ketones (excluding diaryl/α,β-unsaturated/α-hetero) is 1. The number of aliphatic hydroxyl groups excluding tert-OH is 2. The minimum Gasteiger partial charge on any atom is -0.457 e. The lowest BCUT2D eigenvalue weighted by Gasteiger charge is -2.34. The normalized spacial score (nSPS) is 32.6. The molecule has 1 aliphatic rings. The minimum atomic E-state index is -1.24. The third-order valence-corrected chi connectivity index (χ3v) is 6.67. The van der Waals surface area contributed by atoms with Crippen molar-refractivity contribution in [3.63, 3.8) is 0 Å². The van der Waals surface area contributed by atoms with Crippen molar-refractivity contribution in [2.75, 3.05) is 0 Å². The Morgan fingerprint density at radius 3 is 2.47 bits per heavy atom. The van der Waals surface area contributed by atoms with Crippen LogP contribution < -0.4 is 0 Å². The molecular weight excluding hydrogens is 434 g/mol. The van der Waals surface area contributed by atoms with Crippen LogP contribution in [-0.2, 0) is 14.3 Å². The fourth-order valence-corrected chi connectivity index (χ4v) is 4.09. The summed E-state index contributed by atoms with van der Waals surface area (Å²) < 4.78 is 11.0. The average Bonchev–Trinajstić information content (AvgIpc) is 3.18. The van der Waals surface area contributed by atoms with Crippen molar-refractivity contribution in [1.82, 2.24) is 4.98 Å². The summed E-state index contributed by atoms with van der Waals surface area (Å²) in [5, 5.41) is 21.5. The zero-order valence-electron chi connectivity index (χ0n) is 21.4. The van der Waals surface area contributed by atoms with E-state index in [9.17, 15) is 19.8 Å². The van der Waals surface area contributed by atoms with Crippen LogP contribution in [-0.4, -0.2) is 45.3 Å². The van der Waals surface area contributed by atoms with E-state index < -0.39 is 35.6 Å². The Morgan fingerprint density at radius 1 is 1.18 bits per heavy atom. The van der Waals surface area contributed by atoms with Gasteiger partial charge in [0.2, 0.25) is 0 Å². The second-order valence-electron chi connectivity index (χ2n) is 10.0. The number of allylic oxidation sites excluding steroid dienone is 3. The lowest BCUT2D eigenvalue weighted by molar-refractivity contribution is -0.154. The lowest BCUT2D eigenvalue weighted by Crippen LogP contribution is -2.45. The number of ketones is 1. The van der Waals surface area contributed by atoms with E-state index in [0.29, 0.717) is 24.4 Å². The van der Waals surface area contributed by atoms with Gasteiger partial charge in [0.05, 0.1) is 24.0 Å². The number of cyclic esters (lactones) is 1. The zero-order chi connectivity index (χ0) is 25.6.